The second-order valence-electron chi connectivity index (χ2n) is 4.06. The van der Waals surface area contributed by atoms with Crippen LogP contribution in [0.25, 0.3) is 0 Å². The highest BCUT2D eigenvalue weighted by atomic mass is 19.1. The van der Waals surface area contributed by atoms with Gasteiger partial charge in [0.05, 0.1) is 12.7 Å². The van der Waals surface area contributed by atoms with Gasteiger partial charge >= 0.3 is 5.97 Å². The molecule has 0 unspecified atom stereocenters. The monoisotopic (exact) mass is 294 g/mol. The maximum atomic E-state index is 13.4. The third kappa shape index (κ3) is 3.32. The summed E-state index contributed by atoms with van der Waals surface area (Å²) in [5.74, 6) is -3.27. The highest BCUT2D eigenvalue weighted by Crippen LogP contribution is 2.19. The van der Waals surface area contributed by atoms with Gasteiger partial charge in [-0.15, -0.1) is 5.10 Å². The summed E-state index contributed by atoms with van der Waals surface area (Å²) in [6.45, 7) is 0.219. The van der Waals surface area contributed by atoms with E-state index in [0.717, 1.165) is 6.07 Å². The van der Waals surface area contributed by atoms with Crippen LogP contribution in [0.2, 0.25) is 0 Å². The fourth-order valence-corrected chi connectivity index (χ4v) is 1.62. The lowest BCUT2D eigenvalue weighted by molar-refractivity contribution is 0.0690. The molecule has 110 valence electrons. The van der Waals surface area contributed by atoms with Crippen LogP contribution in [0.15, 0.2) is 24.4 Å². The van der Waals surface area contributed by atoms with Gasteiger partial charge in [-0.2, -0.15) is 0 Å². The minimum absolute atomic E-state index is 0.0645. The molecule has 0 spiro atoms. The van der Waals surface area contributed by atoms with E-state index in [1.807, 2.05) is 0 Å². The van der Waals surface area contributed by atoms with Gasteiger partial charge in [-0.25, -0.2) is 13.9 Å². The lowest BCUT2D eigenvalue weighted by Gasteiger charge is -2.07. The largest absolute Gasteiger partial charge is 0.507 e. The van der Waals surface area contributed by atoms with Crippen LogP contribution in [0.1, 0.15) is 20.8 Å². The number of amides is 1. The average molecular weight is 294 g/mol. The molecule has 0 saturated carbocycles. The van der Waals surface area contributed by atoms with Crippen molar-refractivity contribution in [3.63, 3.8) is 0 Å². The number of carbonyl (C=O) groups is 2. The molecule has 1 amide bonds. The van der Waals surface area contributed by atoms with E-state index in [-0.39, 0.29) is 18.8 Å². The van der Waals surface area contributed by atoms with Gasteiger partial charge in [-0.1, -0.05) is 11.3 Å². The zero-order valence-corrected chi connectivity index (χ0v) is 10.7. The number of benzene rings is 1. The standard InChI is InChI=1S/C12H11FN4O4/c13-7-2-1-3-9(18)10(7)11(19)14-4-5-17-6-8(12(20)21)15-16-17/h1-3,6,18H,4-5H2,(H,14,19)(H,20,21). The minimum atomic E-state index is -1.21. The normalized spacial score (nSPS) is 10.3. The molecule has 2 rings (SSSR count). The van der Waals surface area contributed by atoms with E-state index in [1.165, 1.54) is 23.0 Å². The molecule has 0 radical (unpaired) electrons. The van der Waals surface area contributed by atoms with Crippen LogP contribution in [0.4, 0.5) is 4.39 Å². The zero-order chi connectivity index (χ0) is 15.4. The first kappa shape index (κ1) is 14.4. The second kappa shape index (κ2) is 5.99. The fraction of sp³-hybridized carbons (Fsp3) is 0.167. The van der Waals surface area contributed by atoms with Crippen molar-refractivity contribution in [1.29, 1.82) is 0 Å². The van der Waals surface area contributed by atoms with E-state index >= 15 is 0 Å². The molecule has 0 aliphatic carbocycles. The van der Waals surface area contributed by atoms with Crippen molar-refractivity contribution < 1.29 is 24.2 Å². The smallest absolute Gasteiger partial charge is 0.358 e. The number of hydrogen-bond acceptors (Lipinski definition) is 5. The number of carboxylic acid groups (broad SMARTS) is 1. The molecule has 0 fully saturated rings. The molecule has 1 aromatic heterocycles. The van der Waals surface area contributed by atoms with Crippen LogP contribution >= 0.6 is 0 Å². The third-order valence-corrected chi connectivity index (χ3v) is 2.60. The summed E-state index contributed by atoms with van der Waals surface area (Å²) in [5, 5.41) is 27.5. The number of carboxylic acids is 1. The minimum Gasteiger partial charge on any atom is -0.507 e. The molecule has 0 saturated heterocycles. The van der Waals surface area contributed by atoms with Crippen molar-refractivity contribution >= 4 is 11.9 Å². The Labute approximate surface area is 117 Å². The fourth-order valence-electron chi connectivity index (χ4n) is 1.62. The Morgan fingerprint density at radius 3 is 2.76 bits per heavy atom. The van der Waals surface area contributed by atoms with E-state index in [0.29, 0.717) is 0 Å². The van der Waals surface area contributed by atoms with E-state index in [1.54, 1.807) is 0 Å². The topological polar surface area (TPSA) is 117 Å². The van der Waals surface area contributed by atoms with Gasteiger partial charge < -0.3 is 15.5 Å². The molecule has 0 aliphatic rings. The number of nitrogens with one attached hydrogen (secondary N) is 1. The maximum Gasteiger partial charge on any atom is 0.358 e. The second-order valence-corrected chi connectivity index (χ2v) is 4.06. The van der Waals surface area contributed by atoms with Gasteiger partial charge in [0.1, 0.15) is 17.1 Å². The molecular formula is C12H11FN4O4. The molecule has 2 aromatic rings. The Balaban J connectivity index is 1.94. The summed E-state index contributed by atoms with van der Waals surface area (Å²) in [6.07, 6.45) is 1.20. The number of phenolic OH excluding ortho intramolecular Hbond substituents is 1. The summed E-state index contributed by atoms with van der Waals surface area (Å²) in [5.41, 5.74) is -0.657. The number of nitrogens with zero attached hydrogens (tertiary/aromatic N) is 3. The van der Waals surface area contributed by atoms with Crippen molar-refractivity contribution in [3.05, 3.63) is 41.5 Å². The van der Waals surface area contributed by atoms with Crippen molar-refractivity contribution in [2.45, 2.75) is 6.54 Å². The Hall–Kier alpha value is -2.97. The molecule has 21 heavy (non-hydrogen) atoms. The van der Waals surface area contributed by atoms with Crippen LogP contribution < -0.4 is 5.32 Å². The molecule has 3 N–H and O–H groups in total. The summed E-state index contributed by atoms with van der Waals surface area (Å²) in [6, 6.07) is 3.55. The quantitative estimate of drug-likeness (QED) is 0.727. The van der Waals surface area contributed by atoms with Gasteiger partial charge in [-0.3, -0.25) is 4.79 Å². The predicted molar refractivity (Wildman–Crippen MR) is 67.4 cm³/mol. The Morgan fingerprint density at radius 1 is 1.38 bits per heavy atom. The molecule has 0 atom stereocenters. The number of halogens is 1. The number of aromatic hydroxyl groups is 1. The van der Waals surface area contributed by atoms with Crippen LogP contribution in [0.5, 0.6) is 5.75 Å². The molecule has 0 aliphatic heterocycles. The van der Waals surface area contributed by atoms with Crippen molar-refractivity contribution in [1.82, 2.24) is 20.3 Å². The molecule has 1 heterocycles. The number of aromatic nitrogens is 3. The molecular weight excluding hydrogens is 283 g/mol. The number of hydrogen-bond donors (Lipinski definition) is 3. The lowest BCUT2D eigenvalue weighted by atomic mass is 10.1. The lowest BCUT2D eigenvalue weighted by Crippen LogP contribution is -2.28. The van der Waals surface area contributed by atoms with Gasteiger partial charge in [-0.05, 0) is 12.1 Å². The molecule has 9 heteroatoms. The first-order chi connectivity index (χ1) is 9.99. The van der Waals surface area contributed by atoms with Crippen LogP contribution in [-0.2, 0) is 6.54 Å². The summed E-state index contributed by atoms with van der Waals surface area (Å²) in [4.78, 5) is 22.3. The maximum absolute atomic E-state index is 13.4. The summed E-state index contributed by atoms with van der Waals surface area (Å²) < 4.78 is 14.7. The van der Waals surface area contributed by atoms with E-state index < -0.39 is 29.0 Å². The summed E-state index contributed by atoms with van der Waals surface area (Å²) >= 11 is 0. The highest BCUT2D eigenvalue weighted by molar-refractivity contribution is 5.97. The van der Waals surface area contributed by atoms with Crippen molar-refractivity contribution in [2.24, 2.45) is 0 Å². The van der Waals surface area contributed by atoms with E-state index in [4.69, 9.17) is 5.11 Å². The Kier molecular flexibility index (Phi) is 4.12. The van der Waals surface area contributed by atoms with E-state index in [9.17, 15) is 19.1 Å². The highest BCUT2D eigenvalue weighted by Gasteiger charge is 2.16. The SMILES string of the molecule is O=C(O)c1cn(CCNC(=O)c2c(O)cccc2F)nn1. The molecule has 0 bridgehead atoms. The van der Waals surface area contributed by atoms with Crippen LogP contribution in [-0.4, -0.2) is 43.6 Å². The van der Waals surface area contributed by atoms with Gasteiger partial charge in [0.15, 0.2) is 5.69 Å². The van der Waals surface area contributed by atoms with E-state index in [2.05, 4.69) is 15.6 Å². The third-order valence-electron chi connectivity index (χ3n) is 2.60. The number of phenols is 1. The van der Waals surface area contributed by atoms with Crippen LogP contribution in [0.3, 0.4) is 0 Å². The molecule has 8 nitrogen and oxygen atoms in total. The Bertz CT molecular complexity index is 665. The predicted octanol–water partition coefficient (Wildman–Crippen LogP) is 0.251. The number of aromatic carboxylic acids is 1. The Morgan fingerprint density at radius 2 is 2.14 bits per heavy atom. The number of rotatable bonds is 5. The van der Waals surface area contributed by atoms with Gasteiger partial charge in [0.2, 0.25) is 0 Å². The van der Waals surface area contributed by atoms with Crippen molar-refractivity contribution in [3.8, 4) is 5.75 Å². The first-order valence-electron chi connectivity index (χ1n) is 5.88. The van der Waals surface area contributed by atoms with Gasteiger partial charge in [0.25, 0.3) is 5.91 Å². The van der Waals surface area contributed by atoms with Gasteiger partial charge in [0, 0.05) is 6.54 Å². The van der Waals surface area contributed by atoms with Crippen LogP contribution in [0, 0.1) is 5.82 Å². The average Bonchev–Trinajstić information content (AvgIpc) is 2.87. The van der Waals surface area contributed by atoms with Crippen molar-refractivity contribution in [2.75, 3.05) is 6.54 Å². The first-order valence-corrected chi connectivity index (χ1v) is 5.88. The summed E-state index contributed by atoms with van der Waals surface area (Å²) in [7, 11) is 0. The molecule has 1 aromatic carbocycles. The zero-order valence-electron chi connectivity index (χ0n) is 10.7. The number of carbonyl (C=O) groups excluding carboxylic acids is 1.